The van der Waals surface area contributed by atoms with Gasteiger partial charge >= 0.3 is 0 Å². The van der Waals surface area contributed by atoms with Gasteiger partial charge in [0.15, 0.2) is 0 Å². The van der Waals surface area contributed by atoms with Crippen LogP contribution in [0.25, 0.3) is 10.8 Å². The smallest absolute Gasteiger partial charge is 0.255 e. The zero-order valence-corrected chi connectivity index (χ0v) is 20.5. The number of benzene rings is 3. The molecule has 0 radical (unpaired) electrons. The molecule has 2 saturated heterocycles. The van der Waals surface area contributed by atoms with Gasteiger partial charge in [-0.15, -0.1) is 0 Å². The quantitative estimate of drug-likeness (QED) is 0.577. The van der Waals surface area contributed by atoms with E-state index in [1.807, 2.05) is 66.7 Å². The topological polar surface area (TPSA) is 79.0 Å². The number of carbonyl (C=O) groups is 3. The van der Waals surface area contributed by atoms with E-state index in [9.17, 15) is 14.4 Å². The molecular formula is C29H31N3O4. The van der Waals surface area contributed by atoms with Crippen LogP contribution >= 0.6 is 0 Å². The van der Waals surface area contributed by atoms with Crippen molar-refractivity contribution >= 4 is 28.5 Å². The second-order valence-corrected chi connectivity index (χ2v) is 9.44. The van der Waals surface area contributed by atoms with Crippen LogP contribution in [0.3, 0.4) is 0 Å². The Morgan fingerprint density at radius 3 is 2.44 bits per heavy atom. The highest BCUT2D eigenvalue weighted by Crippen LogP contribution is 2.28. The highest BCUT2D eigenvalue weighted by molar-refractivity contribution is 6.08. The molecule has 7 heteroatoms. The Morgan fingerprint density at radius 1 is 0.889 bits per heavy atom. The van der Waals surface area contributed by atoms with Crippen LogP contribution in [0, 0.1) is 0 Å². The maximum absolute atomic E-state index is 13.7. The number of amides is 3. The molecule has 2 fully saturated rings. The Bertz CT molecular complexity index is 1290. The Balaban J connectivity index is 1.29. The van der Waals surface area contributed by atoms with Gasteiger partial charge in [0.2, 0.25) is 11.8 Å². The molecule has 1 N–H and O–H groups in total. The van der Waals surface area contributed by atoms with Crippen molar-refractivity contribution in [3.05, 3.63) is 77.9 Å². The average Bonchev–Trinajstić information content (AvgIpc) is 3.61. The van der Waals surface area contributed by atoms with Gasteiger partial charge in [-0.25, -0.2) is 0 Å². The van der Waals surface area contributed by atoms with Crippen LogP contribution < -0.4 is 10.1 Å². The normalized spacial score (nSPS) is 19.5. The van der Waals surface area contributed by atoms with Crippen LogP contribution in [0.2, 0.25) is 0 Å². The van der Waals surface area contributed by atoms with Gasteiger partial charge in [-0.2, -0.15) is 0 Å². The maximum atomic E-state index is 13.7. The Hall–Kier alpha value is -3.87. The zero-order valence-electron chi connectivity index (χ0n) is 20.5. The van der Waals surface area contributed by atoms with Crippen LogP contribution in [-0.2, 0) is 16.1 Å². The Labute approximate surface area is 211 Å². The number of rotatable bonds is 6. The maximum Gasteiger partial charge on any atom is 0.255 e. The third-order valence-electron chi connectivity index (χ3n) is 7.26. The number of likely N-dealkylation sites (tertiary alicyclic amines) is 2. The molecule has 3 aromatic rings. The highest BCUT2D eigenvalue weighted by Gasteiger charge is 2.42. The van der Waals surface area contributed by atoms with E-state index in [-0.39, 0.29) is 17.7 Å². The van der Waals surface area contributed by atoms with E-state index in [1.54, 1.807) is 16.9 Å². The van der Waals surface area contributed by atoms with Gasteiger partial charge in [0.25, 0.3) is 5.91 Å². The van der Waals surface area contributed by atoms with Crippen molar-refractivity contribution in [3.8, 4) is 5.75 Å². The van der Waals surface area contributed by atoms with E-state index in [4.69, 9.17) is 4.74 Å². The predicted molar refractivity (Wildman–Crippen MR) is 138 cm³/mol. The van der Waals surface area contributed by atoms with E-state index < -0.39 is 12.1 Å². The zero-order chi connectivity index (χ0) is 25.1. The standard InChI is InChI=1S/C29H31N3O4/c1-36-22-11-4-8-20(18-22)19-30-27(33)25-14-6-16-31(25)29(35)26-15-7-17-32(26)28(34)24-13-5-10-21-9-2-3-12-23(21)24/h2-5,8-13,18,25-26H,6-7,14-17,19H2,1H3,(H,30,33)/t25-,26-/m0/s1. The first kappa shape index (κ1) is 23.9. The van der Waals surface area contributed by atoms with E-state index in [2.05, 4.69) is 5.32 Å². The number of methoxy groups -OCH3 is 1. The van der Waals surface area contributed by atoms with E-state index in [1.165, 1.54) is 0 Å². The van der Waals surface area contributed by atoms with Crippen LogP contribution in [0.4, 0.5) is 0 Å². The van der Waals surface area contributed by atoms with Crippen molar-refractivity contribution in [2.75, 3.05) is 20.2 Å². The summed E-state index contributed by atoms with van der Waals surface area (Å²) >= 11 is 0. The number of hydrogen-bond acceptors (Lipinski definition) is 4. The van der Waals surface area contributed by atoms with Gasteiger partial charge in [-0.3, -0.25) is 14.4 Å². The summed E-state index contributed by atoms with van der Waals surface area (Å²) in [6, 6.07) is 20.0. The third-order valence-corrected chi connectivity index (χ3v) is 7.26. The van der Waals surface area contributed by atoms with E-state index >= 15 is 0 Å². The number of ether oxygens (including phenoxy) is 1. The molecule has 2 aliphatic heterocycles. The summed E-state index contributed by atoms with van der Waals surface area (Å²) in [7, 11) is 1.61. The molecule has 2 aliphatic rings. The van der Waals surface area contributed by atoms with Crippen molar-refractivity contribution in [1.82, 2.24) is 15.1 Å². The number of hydrogen-bond donors (Lipinski definition) is 1. The van der Waals surface area contributed by atoms with Crippen LogP contribution in [0.1, 0.15) is 41.6 Å². The molecule has 186 valence electrons. The molecule has 0 spiro atoms. The third kappa shape index (κ3) is 4.65. The second kappa shape index (κ2) is 10.4. The summed E-state index contributed by atoms with van der Waals surface area (Å²) in [6.45, 7) is 1.44. The minimum atomic E-state index is -0.539. The van der Waals surface area contributed by atoms with Crippen LogP contribution in [0.5, 0.6) is 5.75 Å². The molecular weight excluding hydrogens is 454 g/mol. The molecule has 2 atom stereocenters. The predicted octanol–water partition coefficient (Wildman–Crippen LogP) is 3.76. The fourth-order valence-corrected chi connectivity index (χ4v) is 5.42. The monoisotopic (exact) mass is 485 g/mol. The molecule has 0 unspecified atom stereocenters. The summed E-state index contributed by atoms with van der Waals surface area (Å²) in [5, 5.41) is 4.86. The summed E-state index contributed by atoms with van der Waals surface area (Å²) in [4.78, 5) is 43.7. The van der Waals surface area contributed by atoms with E-state index in [0.29, 0.717) is 38.0 Å². The number of nitrogens with zero attached hydrogens (tertiary/aromatic N) is 2. The van der Waals surface area contributed by atoms with Gasteiger partial charge in [-0.1, -0.05) is 48.5 Å². The molecule has 36 heavy (non-hydrogen) atoms. The van der Waals surface area contributed by atoms with Crippen molar-refractivity contribution in [3.63, 3.8) is 0 Å². The largest absolute Gasteiger partial charge is 0.497 e. The molecule has 0 aliphatic carbocycles. The summed E-state index contributed by atoms with van der Waals surface area (Å²) < 4.78 is 5.25. The first-order valence-corrected chi connectivity index (χ1v) is 12.6. The van der Waals surface area contributed by atoms with Crippen molar-refractivity contribution in [2.24, 2.45) is 0 Å². The molecule has 7 nitrogen and oxygen atoms in total. The summed E-state index contributed by atoms with van der Waals surface area (Å²) in [5.74, 6) is 0.325. The Morgan fingerprint density at radius 2 is 1.61 bits per heavy atom. The van der Waals surface area contributed by atoms with Crippen molar-refractivity contribution < 1.29 is 19.1 Å². The Kier molecular flexibility index (Phi) is 6.89. The minimum absolute atomic E-state index is 0.124. The van der Waals surface area contributed by atoms with Gasteiger partial charge in [-0.05, 0) is 60.2 Å². The highest BCUT2D eigenvalue weighted by atomic mass is 16.5. The fourth-order valence-electron chi connectivity index (χ4n) is 5.42. The van der Waals surface area contributed by atoms with Crippen LogP contribution in [0.15, 0.2) is 66.7 Å². The molecule has 5 rings (SSSR count). The molecule has 0 saturated carbocycles. The van der Waals surface area contributed by atoms with Gasteiger partial charge in [0, 0.05) is 25.2 Å². The van der Waals surface area contributed by atoms with Gasteiger partial charge in [0.05, 0.1) is 7.11 Å². The molecule has 3 aromatic carbocycles. The van der Waals surface area contributed by atoms with Crippen molar-refractivity contribution in [2.45, 2.75) is 44.3 Å². The summed E-state index contributed by atoms with van der Waals surface area (Å²) in [6.07, 6.45) is 2.78. The lowest BCUT2D eigenvalue weighted by Crippen LogP contribution is -2.52. The average molecular weight is 486 g/mol. The molecule has 2 heterocycles. The van der Waals surface area contributed by atoms with Crippen molar-refractivity contribution in [1.29, 1.82) is 0 Å². The second-order valence-electron chi connectivity index (χ2n) is 9.44. The fraction of sp³-hybridized carbons (Fsp3) is 0.345. The minimum Gasteiger partial charge on any atom is -0.497 e. The van der Waals surface area contributed by atoms with Gasteiger partial charge < -0.3 is 19.9 Å². The lowest BCUT2D eigenvalue weighted by Gasteiger charge is -2.31. The van der Waals surface area contributed by atoms with E-state index in [0.717, 1.165) is 34.9 Å². The summed E-state index contributed by atoms with van der Waals surface area (Å²) in [5.41, 5.74) is 1.54. The molecule has 3 amide bonds. The molecule has 0 aromatic heterocycles. The number of carbonyl (C=O) groups excluding carboxylic acids is 3. The first-order valence-electron chi connectivity index (χ1n) is 12.6. The lowest BCUT2D eigenvalue weighted by molar-refractivity contribution is -0.141. The first-order chi connectivity index (χ1) is 17.6. The van der Waals surface area contributed by atoms with Crippen LogP contribution in [-0.4, -0.2) is 59.8 Å². The lowest BCUT2D eigenvalue weighted by atomic mass is 10.0. The SMILES string of the molecule is COc1cccc(CNC(=O)[C@@H]2CCCN2C(=O)[C@@H]2CCCN2C(=O)c2cccc3ccccc23)c1. The number of nitrogens with one attached hydrogen (secondary N) is 1. The number of fused-ring (bicyclic) bond motifs is 1. The molecule has 0 bridgehead atoms. The van der Waals surface area contributed by atoms with Gasteiger partial charge in [0.1, 0.15) is 17.8 Å².